The smallest absolute Gasteiger partial charge is 0.0231 e. The molecular formula is C49H48. The number of fused-ring (bicyclic) bond motifs is 6. The molecule has 0 heterocycles. The van der Waals surface area contributed by atoms with E-state index in [0.717, 1.165) is 19.3 Å². The molecular weight excluding hydrogens is 589 g/mol. The Morgan fingerprint density at radius 1 is 0.755 bits per heavy atom. The standard InChI is InChI=1S/C49H48/c1-3-16-46(43-23-13-12-18-36-17-8-5-6-9-19-37(33-43)26-25-36)40-27-30-42(31-28-40)48(41-21-10-7-11-22-41)45-34-38(4-2)49-44(35-45)32-29-39-20-14-15-24-47(39)49/h3-21,23-27,29-30,32-35,38-39,41,46-49H,2,22,28,31H2,1H3. The molecule has 2 aromatic carbocycles. The molecule has 0 amide bonds. The fraction of sp³-hybridized carbons (Fsp3) is 0.224. The maximum absolute atomic E-state index is 4.35. The van der Waals surface area contributed by atoms with Crippen molar-refractivity contribution in [1.82, 2.24) is 0 Å². The van der Waals surface area contributed by atoms with Crippen LogP contribution >= 0.6 is 0 Å². The van der Waals surface area contributed by atoms with Crippen LogP contribution in [0.25, 0.3) is 10.8 Å². The maximum Gasteiger partial charge on any atom is 0.0231 e. The quantitative estimate of drug-likeness (QED) is 0.265. The second-order valence-electron chi connectivity index (χ2n) is 13.9. The van der Waals surface area contributed by atoms with Gasteiger partial charge in [0.05, 0.1) is 0 Å². The van der Waals surface area contributed by atoms with Crippen LogP contribution < -0.4 is 0 Å². The molecule has 7 rings (SSSR count). The van der Waals surface area contributed by atoms with Crippen LogP contribution in [0, 0.1) is 35.5 Å². The summed E-state index contributed by atoms with van der Waals surface area (Å²) in [5.74, 6) is 2.76. The molecule has 0 nitrogen and oxygen atoms in total. The largest absolute Gasteiger partial charge is 0.102 e. The lowest BCUT2D eigenvalue weighted by molar-refractivity contribution is 0.341. The minimum absolute atomic E-state index is 0.214. The van der Waals surface area contributed by atoms with Gasteiger partial charge in [0.2, 0.25) is 0 Å². The van der Waals surface area contributed by atoms with Crippen molar-refractivity contribution in [3.8, 4) is 0 Å². The van der Waals surface area contributed by atoms with E-state index in [-0.39, 0.29) is 5.92 Å². The van der Waals surface area contributed by atoms with Gasteiger partial charge in [0, 0.05) is 29.6 Å². The highest BCUT2D eigenvalue weighted by Crippen LogP contribution is 2.49. The van der Waals surface area contributed by atoms with Gasteiger partial charge in [-0.25, -0.2) is 0 Å². The SMILES string of the molecule is C=CC1C=C(C(C2=CC=C(C(C=CC)c3ccccc4ccccccc(cc4)c3)CC2)C2C=CC=CC2)C=C2C=CC3C=CC=CC3C21. The van der Waals surface area contributed by atoms with Gasteiger partial charge in [-0.1, -0.05) is 193 Å². The first-order chi connectivity index (χ1) is 24.2. The van der Waals surface area contributed by atoms with E-state index in [1.54, 1.807) is 5.57 Å². The Hall–Kier alpha value is -4.94. The molecule has 0 N–H and O–H groups in total. The summed E-state index contributed by atoms with van der Waals surface area (Å²) in [7, 11) is 0. The zero-order valence-electron chi connectivity index (χ0n) is 28.7. The third-order valence-corrected chi connectivity index (χ3v) is 10.9. The van der Waals surface area contributed by atoms with Gasteiger partial charge >= 0.3 is 0 Å². The molecule has 244 valence electrons. The second kappa shape index (κ2) is 15.5. The molecule has 2 bridgehead atoms. The lowest BCUT2D eigenvalue weighted by Gasteiger charge is -2.42. The van der Waals surface area contributed by atoms with E-state index in [0.29, 0.717) is 35.5 Å². The average Bonchev–Trinajstić information content (AvgIpc) is 3.15. The van der Waals surface area contributed by atoms with Crippen LogP contribution in [0.4, 0.5) is 0 Å². The first kappa shape index (κ1) is 32.6. The predicted molar refractivity (Wildman–Crippen MR) is 211 cm³/mol. The summed E-state index contributed by atoms with van der Waals surface area (Å²) in [5.41, 5.74) is 7.25. The third kappa shape index (κ3) is 7.40. The molecule has 49 heavy (non-hydrogen) atoms. The summed E-state index contributed by atoms with van der Waals surface area (Å²) in [5, 5.41) is 2.38. The van der Waals surface area contributed by atoms with Crippen molar-refractivity contribution < 1.29 is 0 Å². The lowest BCUT2D eigenvalue weighted by Crippen LogP contribution is -2.33. The predicted octanol–water partition coefficient (Wildman–Crippen LogP) is 12.8. The number of hydrogen-bond acceptors (Lipinski definition) is 0. The molecule has 2 aromatic rings. The zero-order valence-corrected chi connectivity index (χ0v) is 28.7. The minimum atomic E-state index is 0.214. The van der Waals surface area contributed by atoms with Crippen LogP contribution in [0.3, 0.4) is 0 Å². The van der Waals surface area contributed by atoms with Crippen LogP contribution in [0.2, 0.25) is 0 Å². The van der Waals surface area contributed by atoms with E-state index in [1.807, 2.05) is 0 Å². The summed E-state index contributed by atoms with van der Waals surface area (Å²) in [6.07, 6.45) is 43.3. The maximum atomic E-state index is 4.35. The van der Waals surface area contributed by atoms with Crippen molar-refractivity contribution >= 4 is 10.8 Å². The summed E-state index contributed by atoms with van der Waals surface area (Å²) in [6, 6.07) is 28.4. The van der Waals surface area contributed by atoms with Gasteiger partial charge < -0.3 is 0 Å². The molecule has 0 saturated carbocycles. The zero-order chi connectivity index (χ0) is 33.4. The third-order valence-electron chi connectivity index (χ3n) is 10.9. The Morgan fingerprint density at radius 2 is 1.49 bits per heavy atom. The van der Waals surface area contributed by atoms with E-state index in [1.165, 1.54) is 33.1 Å². The number of allylic oxidation sites excluding steroid dienone is 21. The van der Waals surface area contributed by atoms with Gasteiger partial charge in [-0.3, -0.25) is 0 Å². The van der Waals surface area contributed by atoms with Crippen molar-refractivity contribution in [1.29, 1.82) is 0 Å². The molecule has 7 atom stereocenters. The van der Waals surface area contributed by atoms with Crippen molar-refractivity contribution in [2.75, 3.05) is 0 Å². The van der Waals surface area contributed by atoms with E-state index in [9.17, 15) is 0 Å². The highest BCUT2D eigenvalue weighted by Gasteiger charge is 2.38. The van der Waals surface area contributed by atoms with Gasteiger partial charge in [0.15, 0.2) is 0 Å². The van der Waals surface area contributed by atoms with Crippen molar-refractivity contribution in [3.05, 3.63) is 217 Å². The van der Waals surface area contributed by atoms with E-state index < -0.39 is 0 Å². The topological polar surface area (TPSA) is 0 Å². The normalized spacial score (nSPS) is 26.3. The van der Waals surface area contributed by atoms with Gasteiger partial charge in [0.1, 0.15) is 0 Å². The lowest BCUT2D eigenvalue weighted by atomic mass is 9.62. The van der Waals surface area contributed by atoms with Gasteiger partial charge in [-0.2, -0.15) is 0 Å². The summed E-state index contributed by atoms with van der Waals surface area (Å²) in [4.78, 5) is 0. The van der Waals surface area contributed by atoms with E-state index >= 15 is 0 Å². The first-order valence-corrected chi connectivity index (χ1v) is 18.2. The summed E-state index contributed by atoms with van der Waals surface area (Å²) >= 11 is 0. The van der Waals surface area contributed by atoms with Gasteiger partial charge in [-0.05, 0) is 65.5 Å². The van der Waals surface area contributed by atoms with Crippen molar-refractivity contribution in [2.24, 2.45) is 35.5 Å². The molecule has 0 aliphatic heterocycles. The van der Waals surface area contributed by atoms with Crippen LogP contribution in [0.5, 0.6) is 0 Å². The fourth-order valence-corrected chi connectivity index (χ4v) is 8.50. The van der Waals surface area contributed by atoms with Crippen LogP contribution in [-0.4, -0.2) is 0 Å². The Bertz CT molecular complexity index is 1960. The Labute approximate surface area is 294 Å². The summed E-state index contributed by atoms with van der Waals surface area (Å²) < 4.78 is 0. The van der Waals surface area contributed by atoms with Crippen molar-refractivity contribution in [2.45, 2.75) is 32.1 Å². The molecule has 0 fully saturated rings. The molecule has 0 spiro atoms. The molecule has 0 heteroatoms. The molecule has 7 unspecified atom stereocenters. The molecule has 0 radical (unpaired) electrons. The van der Waals surface area contributed by atoms with Crippen LogP contribution in [-0.2, 0) is 0 Å². The fourth-order valence-electron chi connectivity index (χ4n) is 8.50. The van der Waals surface area contributed by atoms with Crippen LogP contribution in [0.1, 0.15) is 37.7 Å². The van der Waals surface area contributed by atoms with Gasteiger partial charge in [0.25, 0.3) is 0 Å². The average molecular weight is 637 g/mol. The molecule has 0 saturated heterocycles. The molecule has 5 aliphatic rings. The summed E-state index contributed by atoms with van der Waals surface area (Å²) in [6.45, 7) is 6.50. The minimum Gasteiger partial charge on any atom is -0.102 e. The van der Waals surface area contributed by atoms with Gasteiger partial charge in [-0.15, -0.1) is 6.58 Å². The highest BCUT2D eigenvalue weighted by atomic mass is 14.4. The Morgan fingerprint density at radius 3 is 2.27 bits per heavy atom. The number of hydrogen-bond donors (Lipinski definition) is 0. The van der Waals surface area contributed by atoms with E-state index in [2.05, 4.69) is 196 Å². The second-order valence-corrected chi connectivity index (χ2v) is 13.9. The Kier molecular flexibility index (Phi) is 10.3. The Balaban J connectivity index is 1.27. The highest BCUT2D eigenvalue weighted by molar-refractivity contribution is 5.59. The first-order valence-electron chi connectivity index (χ1n) is 18.2. The molecule has 5 aliphatic carbocycles. The van der Waals surface area contributed by atoms with Crippen molar-refractivity contribution in [3.63, 3.8) is 0 Å². The van der Waals surface area contributed by atoms with Crippen LogP contribution in [0.15, 0.2) is 211 Å². The number of rotatable bonds is 7. The molecule has 0 aromatic heterocycles. The van der Waals surface area contributed by atoms with E-state index in [4.69, 9.17) is 0 Å². The monoisotopic (exact) mass is 636 g/mol.